The molecule has 0 saturated heterocycles. The maximum atomic E-state index is 12.5. The van der Waals surface area contributed by atoms with Crippen LogP contribution in [0.1, 0.15) is 24.2 Å². The van der Waals surface area contributed by atoms with Crippen LogP contribution < -0.4 is 10.0 Å². The largest absolute Gasteiger partial charge is 0.313 e. The summed E-state index contributed by atoms with van der Waals surface area (Å²) >= 11 is 0. The number of nitrogens with zero attached hydrogens (tertiary/aromatic N) is 2. The van der Waals surface area contributed by atoms with Crippen molar-refractivity contribution in [3.63, 3.8) is 0 Å². The minimum absolute atomic E-state index is 0.0825. The van der Waals surface area contributed by atoms with Crippen LogP contribution in [0.4, 0.5) is 5.82 Å². The Kier molecular flexibility index (Phi) is 4.34. The van der Waals surface area contributed by atoms with Crippen molar-refractivity contribution in [3.8, 4) is 0 Å². The Balaban J connectivity index is 2.33. The molecule has 0 amide bonds. The molecule has 114 valence electrons. The van der Waals surface area contributed by atoms with Crippen molar-refractivity contribution in [1.82, 2.24) is 15.1 Å². The van der Waals surface area contributed by atoms with E-state index >= 15 is 0 Å². The topological polar surface area (TPSA) is 76.0 Å². The number of benzene rings is 1. The van der Waals surface area contributed by atoms with E-state index in [0.717, 1.165) is 11.3 Å². The van der Waals surface area contributed by atoms with Crippen LogP contribution in [0.2, 0.25) is 0 Å². The van der Waals surface area contributed by atoms with Crippen molar-refractivity contribution < 1.29 is 8.42 Å². The van der Waals surface area contributed by atoms with E-state index in [4.69, 9.17) is 0 Å². The second-order valence-corrected chi connectivity index (χ2v) is 6.67. The molecule has 0 saturated carbocycles. The molecule has 0 aliphatic rings. The van der Waals surface area contributed by atoms with E-state index in [1.807, 2.05) is 27.0 Å². The zero-order chi connectivity index (χ0) is 15.6. The zero-order valence-corrected chi connectivity index (χ0v) is 13.4. The summed E-state index contributed by atoms with van der Waals surface area (Å²) < 4.78 is 29.0. The number of rotatable bonds is 5. The van der Waals surface area contributed by atoms with E-state index in [-0.39, 0.29) is 10.9 Å². The van der Waals surface area contributed by atoms with Gasteiger partial charge in [-0.3, -0.25) is 9.40 Å². The Bertz CT molecular complexity index is 737. The molecule has 1 aromatic carbocycles. The van der Waals surface area contributed by atoms with Gasteiger partial charge in [0.05, 0.1) is 10.6 Å². The number of aryl methyl sites for hydroxylation is 2. The number of nitrogens with one attached hydrogen (secondary N) is 2. The highest BCUT2D eigenvalue weighted by Crippen LogP contribution is 2.20. The summed E-state index contributed by atoms with van der Waals surface area (Å²) in [6.07, 6.45) is 0. The van der Waals surface area contributed by atoms with Crippen molar-refractivity contribution in [2.75, 3.05) is 11.8 Å². The fourth-order valence-corrected chi connectivity index (χ4v) is 3.15. The van der Waals surface area contributed by atoms with Gasteiger partial charge in [0.2, 0.25) is 0 Å². The van der Waals surface area contributed by atoms with Crippen LogP contribution >= 0.6 is 0 Å². The van der Waals surface area contributed by atoms with Gasteiger partial charge in [-0.1, -0.05) is 12.1 Å². The summed E-state index contributed by atoms with van der Waals surface area (Å²) in [7, 11) is -0.0908. The van der Waals surface area contributed by atoms with Gasteiger partial charge in [-0.2, -0.15) is 5.10 Å². The maximum Gasteiger partial charge on any atom is 0.263 e. The number of aromatic nitrogens is 2. The van der Waals surface area contributed by atoms with Crippen molar-refractivity contribution >= 4 is 15.8 Å². The van der Waals surface area contributed by atoms with Gasteiger partial charge in [0.1, 0.15) is 5.82 Å². The van der Waals surface area contributed by atoms with E-state index in [2.05, 4.69) is 15.1 Å². The third-order valence-corrected chi connectivity index (χ3v) is 4.69. The van der Waals surface area contributed by atoms with Crippen LogP contribution in [-0.2, 0) is 17.1 Å². The first-order chi connectivity index (χ1) is 9.83. The lowest BCUT2D eigenvalue weighted by Crippen LogP contribution is -2.17. The predicted molar refractivity (Wildman–Crippen MR) is 82.7 cm³/mol. The summed E-state index contributed by atoms with van der Waals surface area (Å²) in [5.74, 6) is 0.444. The second kappa shape index (κ2) is 5.87. The molecular weight excluding hydrogens is 288 g/mol. The molecule has 0 aliphatic carbocycles. The Morgan fingerprint density at radius 2 is 2.00 bits per heavy atom. The Morgan fingerprint density at radius 3 is 2.57 bits per heavy atom. The van der Waals surface area contributed by atoms with Crippen molar-refractivity contribution in [1.29, 1.82) is 0 Å². The van der Waals surface area contributed by atoms with Gasteiger partial charge in [0.25, 0.3) is 10.0 Å². The van der Waals surface area contributed by atoms with E-state index in [1.54, 1.807) is 31.3 Å². The fraction of sp³-hybridized carbons (Fsp3) is 0.357. The highest BCUT2D eigenvalue weighted by Gasteiger charge is 2.17. The van der Waals surface area contributed by atoms with Gasteiger partial charge in [0, 0.05) is 19.2 Å². The van der Waals surface area contributed by atoms with Gasteiger partial charge >= 0.3 is 0 Å². The normalized spacial score (nSPS) is 13.1. The molecule has 0 spiro atoms. The minimum Gasteiger partial charge on any atom is -0.313 e. The number of hydrogen-bond acceptors (Lipinski definition) is 4. The van der Waals surface area contributed by atoms with E-state index < -0.39 is 10.0 Å². The molecule has 6 nitrogen and oxygen atoms in total. The molecule has 1 unspecified atom stereocenters. The fourth-order valence-electron chi connectivity index (χ4n) is 2.02. The van der Waals surface area contributed by atoms with Gasteiger partial charge in [-0.15, -0.1) is 0 Å². The molecule has 2 N–H and O–H groups in total. The van der Waals surface area contributed by atoms with Crippen molar-refractivity contribution in [2.45, 2.75) is 24.8 Å². The molecule has 1 aromatic heterocycles. The summed E-state index contributed by atoms with van der Waals surface area (Å²) in [5.41, 5.74) is 1.68. The minimum atomic E-state index is -3.63. The SMILES string of the molecule is CNC(C)c1cccc(S(=O)(=O)Nc2cc(C)nn2C)c1. The van der Waals surface area contributed by atoms with Crippen molar-refractivity contribution in [2.24, 2.45) is 7.05 Å². The average molecular weight is 308 g/mol. The second-order valence-electron chi connectivity index (χ2n) is 4.98. The molecule has 0 aliphatic heterocycles. The molecule has 0 fully saturated rings. The van der Waals surface area contributed by atoms with E-state index in [1.165, 1.54) is 4.68 Å². The molecule has 0 bridgehead atoms. The Labute approximate surface area is 125 Å². The van der Waals surface area contributed by atoms with E-state index in [0.29, 0.717) is 5.82 Å². The van der Waals surface area contributed by atoms with Crippen molar-refractivity contribution in [3.05, 3.63) is 41.6 Å². The molecule has 1 heterocycles. The van der Waals surface area contributed by atoms with Gasteiger partial charge < -0.3 is 5.32 Å². The van der Waals surface area contributed by atoms with Crippen LogP contribution in [0, 0.1) is 6.92 Å². The lowest BCUT2D eigenvalue weighted by Gasteiger charge is -2.13. The molecule has 1 atom stereocenters. The molecule has 2 rings (SSSR count). The van der Waals surface area contributed by atoms with Crippen LogP contribution in [0.15, 0.2) is 35.2 Å². The lowest BCUT2D eigenvalue weighted by molar-refractivity contribution is 0.599. The molecule has 7 heteroatoms. The highest BCUT2D eigenvalue weighted by atomic mass is 32.2. The Hall–Kier alpha value is -1.86. The van der Waals surface area contributed by atoms with Crippen LogP contribution in [-0.4, -0.2) is 25.2 Å². The summed E-state index contributed by atoms with van der Waals surface area (Å²) in [6.45, 7) is 3.79. The molecule has 2 aromatic rings. The van der Waals surface area contributed by atoms with Gasteiger partial charge in [-0.25, -0.2) is 8.42 Å². The predicted octanol–water partition coefficient (Wildman–Crippen LogP) is 1.81. The first-order valence-corrected chi connectivity index (χ1v) is 8.12. The highest BCUT2D eigenvalue weighted by molar-refractivity contribution is 7.92. The average Bonchev–Trinajstić information content (AvgIpc) is 2.75. The smallest absolute Gasteiger partial charge is 0.263 e. The van der Waals surface area contributed by atoms with Gasteiger partial charge in [0.15, 0.2) is 0 Å². The van der Waals surface area contributed by atoms with E-state index in [9.17, 15) is 8.42 Å². The quantitative estimate of drug-likeness (QED) is 0.883. The summed E-state index contributed by atoms with van der Waals surface area (Å²) in [4.78, 5) is 0.237. The van der Waals surface area contributed by atoms with Crippen LogP contribution in [0.3, 0.4) is 0 Å². The first kappa shape index (κ1) is 15.5. The van der Waals surface area contributed by atoms with Crippen LogP contribution in [0.25, 0.3) is 0 Å². The summed E-state index contributed by atoms with van der Waals surface area (Å²) in [6, 6.07) is 8.67. The Morgan fingerprint density at radius 1 is 1.29 bits per heavy atom. The first-order valence-electron chi connectivity index (χ1n) is 6.64. The standard InChI is InChI=1S/C14H20N4O2S/c1-10-8-14(18(4)16-10)17-21(19,20)13-7-5-6-12(9-13)11(2)15-3/h5-9,11,15,17H,1-4H3. The molecule has 0 radical (unpaired) electrons. The number of sulfonamides is 1. The summed E-state index contributed by atoms with van der Waals surface area (Å²) in [5, 5.41) is 7.22. The lowest BCUT2D eigenvalue weighted by atomic mass is 10.1. The van der Waals surface area contributed by atoms with Crippen LogP contribution in [0.5, 0.6) is 0 Å². The molecular formula is C14H20N4O2S. The number of hydrogen-bond donors (Lipinski definition) is 2. The maximum absolute atomic E-state index is 12.5. The number of anilines is 1. The van der Waals surface area contributed by atoms with Gasteiger partial charge in [-0.05, 0) is 38.6 Å². The third-order valence-electron chi connectivity index (χ3n) is 3.34. The zero-order valence-electron chi connectivity index (χ0n) is 12.6. The monoisotopic (exact) mass is 308 g/mol. The third kappa shape index (κ3) is 3.43. The molecule has 21 heavy (non-hydrogen) atoms.